The molecule has 198 valence electrons. The summed E-state index contributed by atoms with van der Waals surface area (Å²) in [6, 6.07) is 0. The van der Waals surface area contributed by atoms with Gasteiger partial charge in [0.15, 0.2) is 0 Å². The lowest BCUT2D eigenvalue weighted by Gasteiger charge is -2.26. The molecule has 2 atom stereocenters. The van der Waals surface area contributed by atoms with Crippen molar-refractivity contribution in [3.63, 3.8) is 0 Å². The molecular formula is C20H28I3N3O9. The predicted molar refractivity (Wildman–Crippen MR) is 151 cm³/mol. The van der Waals surface area contributed by atoms with Crippen molar-refractivity contribution in [2.45, 2.75) is 12.2 Å². The Hall–Kier alpha value is -0.420. The van der Waals surface area contributed by atoms with Gasteiger partial charge in [-0.25, -0.2) is 0 Å². The maximum absolute atomic E-state index is 13.3. The van der Waals surface area contributed by atoms with Crippen LogP contribution < -0.4 is 5.32 Å². The van der Waals surface area contributed by atoms with Gasteiger partial charge in [-0.15, -0.1) is 0 Å². The minimum absolute atomic E-state index is 0.0542. The number of rotatable bonds is 12. The molecule has 0 aliphatic rings. The van der Waals surface area contributed by atoms with E-state index in [0.29, 0.717) is 0 Å². The molecule has 15 heteroatoms. The Labute approximate surface area is 243 Å². The van der Waals surface area contributed by atoms with Gasteiger partial charge in [0.2, 0.25) is 5.91 Å². The second kappa shape index (κ2) is 15.1. The van der Waals surface area contributed by atoms with Gasteiger partial charge in [0.05, 0.1) is 68.5 Å². The second-order valence-electron chi connectivity index (χ2n) is 7.66. The van der Waals surface area contributed by atoms with Crippen LogP contribution in [0.15, 0.2) is 0 Å². The van der Waals surface area contributed by atoms with Crippen LogP contribution in [0, 0.1) is 16.6 Å². The van der Waals surface area contributed by atoms with Gasteiger partial charge in [0.1, 0.15) is 0 Å². The topological polar surface area (TPSA) is 191 Å². The minimum Gasteiger partial charge on any atom is -0.395 e. The van der Waals surface area contributed by atoms with Crippen molar-refractivity contribution in [2.75, 3.05) is 58.9 Å². The van der Waals surface area contributed by atoms with Crippen LogP contribution in [0.4, 0.5) is 5.69 Å². The highest BCUT2D eigenvalue weighted by Crippen LogP contribution is 2.37. The smallest absolute Gasteiger partial charge is 0.255 e. The molecule has 0 saturated carbocycles. The number of aliphatic hydroxyl groups is 6. The molecule has 1 rings (SSSR count). The average molecular weight is 835 g/mol. The van der Waals surface area contributed by atoms with Crippen LogP contribution in [-0.4, -0.2) is 124 Å². The quantitative estimate of drug-likeness (QED) is 0.128. The van der Waals surface area contributed by atoms with E-state index in [1.165, 1.54) is 14.1 Å². The summed E-state index contributed by atoms with van der Waals surface area (Å²) in [5, 5.41) is 59.1. The summed E-state index contributed by atoms with van der Waals surface area (Å²) in [4.78, 5) is 41.6. The molecule has 1 aromatic rings. The number of halogens is 3. The van der Waals surface area contributed by atoms with Crippen molar-refractivity contribution < 1.29 is 45.0 Å². The third-order valence-corrected chi connectivity index (χ3v) is 8.12. The highest BCUT2D eigenvalue weighted by atomic mass is 127. The van der Waals surface area contributed by atoms with Gasteiger partial charge in [-0.3, -0.25) is 14.4 Å². The summed E-state index contributed by atoms with van der Waals surface area (Å²) in [5.74, 6) is -3.04. The first-order valence-electron chi connectivity index (χ1n) is 10.2. The number of nitrogens with one attached hydrogen (secondary N) is 1. The lowest BCUT2D eigenvalue weighted by Crippen LogP contribution is -2.39. The van der Waals surface area contributed by atoms with E-state index in [4.69, 9.17) is 10.2 Å². The third-order valence-electron chi connectivity index (χ3n) is 4.89. The zero-order valence-corrected chi connectivity index (χ0v) is 25.4. The normalized spacial score (nSPS) is 12.9. The Balaban J connectivity index is 3.73. The monoisotopic (exact) mass is 835 g/mol. The summed E-state index contributed by atoms with van der Waals surface area (Å²) < 4.78 is 0.814. The molecule has 0 spiro atoms. The second-order valence-corrected chi connectivity index (χ2v) is 10.9. The Bertz CT molecular complexity index is 874. The van der Waals surface area contributed by atoms with Crippen LogP contribution in [0.5, 0.6) is 0 Å². The van der Waals surface area contributed by atoms with Crippen LogP contribution in [0.2, 0.25) is 0 Å². The molecule has 0 fully saturated rings. The molecule has 0 radical (unpaired) electrons. The molecule has 35 heavy (non-hydrogen) atoms. The molecule has 0 aliphatic heterocycles. The minimum atomic E-state index is -1.19. The van der Waals surface area contributed by atoms with Gasteiger partial charge < -0.3 is 45.8 Å². The number of hydrogen-bond donors (Lipinski definition) is 7. The SMILES string of the molecule is CN(C[C@H](O)CO)C(=O)c1c(I)c(NC(=O)C(CO)CO)c(I)c(C(=O)N(C)C[C@@H](O)CO)c1I. The van der Waals surface area contributed by atoms with Gasteiger partial charge in [0.25, 0.3) is 11.8 Å². The van der Waals surface area contributed by atoms with Crippen molar-refractivity contribution >= 4 is 91.2 Å². The van der Waals surface area contributed by atoms with Gasteiger partial charge >= 0.3 is 0 Å². The van der Waals surface area contributed by atoms with Gasteiger partial charge in [-0.05, 0) is 67.8 Å². The lowest BCUT2D eigenvalue weighted by atomic mass is 10.1. The van der Waals surface area contributed by atoms with Gasteiger partial charge in [-0.2, -0.15) is 0 Å². The van der Waals surface area contributed by atoms with Crippen molar-refractivity contribution in [3.05, 3.63) is 21.8 Å². The fourth-order valence-corrected chi connectivity index (χ4v) is 7.25. The first-order chi connectivity index (χ1) is 16.4. The standard InChI is InChI=1S/C20H28I3N3O9/c1-25(3-10(31)7-29)19(34)12-14(21)13(20(35)26(2)4-11(32)8-30)16(23)17(15(12)22)24-18(33)9(5-27)6-28/h9-11,27-32H,3-8H2,1-2H3,(H,24,33)/t10-,11+. The van der Waals surface area contributed by atoms with E-state index in [1.54, 1.807) is 0 Å². The number of hydrogen-bond acceptors (Lipinski definition) is 9. The van der Waals surface area contributed by atoms with Crippen LogP contribution in [0.3, 0.4) is 0 Å². The van der Waals surface area contributed by atoms with Gasteiger partial charge in [0, 0.05) is 30.8 Å². The number of carbonyl (C=O) groups excluding carboxylic acids is 3. The first-order valence-corrected chi connectivity index (χ1v) is 13.4. The third kappa shape index (κ3) is 8.28. The Morgan fingerprint density at radius 3 is 1.43 bits per heavy atom. The van der Waals surface area contributed by atoms with E-state index in [-0.39, 0.29) is 40.6 Å². The molecular weight excluding hydrogens is 807 g/mol. The molecule has 0 aliphatic carbocycles. The number of likely N-dealkylation sites (N-methyl/N-ethyl adjacent to an activating group) is 2. The van der Waals surface area contributed by atoms with Crippen LogP contribution >= 0.6 is 67.8 Å². The lowest BCUT2D eigenvalue weighted by molar-refractivity contribution is -0.122. The molecule has 1 aromatic carbocycles. The zero-order chi connectivity index (χ0) is 27.0. The summed E-state index contributed by atoms with van der Waals surface area (Å²) in [5.41, 5.74) is 0.222. The number of amides is 3. The van der Waals surface area contributed by atoms with Gasteiger partial charge in [-0.1, -0.05) is 0 Å². The maximum Gasteiger partial charge on any atom is 0.255 e. The van der Waals surface area contributed by atoms with Crippen LogP contribution in [0.25, 0.3) is 0 Å². The van der Waals surface area contributed by atoms with Crippen LogP contribution in [0.1, 0.15) is 20.7 Å². The van der Waals surface area contributed by atoms with E-state index in [0.717, 1.165) is 9.80 Å². The van der Waals surface area contributed by atoms with Crippen molar-refractivity contribution in [1.29, 1.82) is 0 Å². The molecule has 0 aromatic heterocycles. The zero-order valence-electron chi connectivity index (χ0n) is 18.9. The molecule has 3 amide bonds. The molecule has 0 bridgehead atoms. The number of aliphatic hydroxyl groups excluding tert-OH is 6. The molecule has 0 heterocycles. The summed E-state index contributed by atoms with van der Waals surface area (Å²) >= 11 is 5.52. The molecule has 0 unspecified atom stereocenters. The first kappa shape index (κ1) is 32.6. The summed E-state index contributed by atoms with van der Waals surface area (Å²) in [6.45, 7) is -2.77. The average Bonchev–Trinajstić information content (AvgIpc) is 2.81. The molecule has 12 nitrogen and oxygen atoms in total. The van der Waals surface area contributed by atoms with Crippen LogP contribution in [-0.2, 0) is 4.79 Å². The van der Waals surface area contributed by atoms with Crippen molar-refractivity contribution in [3.8, 4) is 0 Å². The largest absolute Gasteiger partial charge is 0.395 e. The number of carbonyl (C=O) groups is 3. The van der Waals surface area contributed by atoms with E-state index >= 15 is 0 Å². The fraction of sp³-hybridized carbons (Fsp3) is 0.550. The summed E-state index contributed by atoms with van der Waals surface area (Å²) in [6.07, 6.45) is -2.38. The predicted octanol–water partition coefficient (Wildman–Crippen LogP) is -1.11. The summed E-state index contributed by atoms with van der Waals surface area (Å²) in [7, 11) is 2.81. The highest BCUT2D eigenvalue weighted by Gasteiger charge is 2.32. The Kier molecular flexibility index (Phi) is 14.1. The maximum atomic E-state index is 13.3. The van der Waals surface area contributed by atoms with E-state index in [1.807, 2.05) is 67.8 Å². The number of nitrogens with zero attached hydrogens (tertiary/aromatic N) is 2. The van der Waals surface area contributed by atoms with Crippen molar-refractivity contribution in [1.82, 2.24) is 9.80 Å². The fourth-order valence-electron chi connectivity index (χ4n) is 2.89. The highest BCUT2D eigenvalue weighted by molar-refractivity contribution is 14.1. The Morgan fingerprint density at radius 2 is 1.11 bits per heavy atom. The van der Waals surface area contributed by atoms with E-state index in [9.17, 15) is 34.8 Å². The molecule has 7 N–H and O–H groups in total. The molecule has 0 saturated heterocycles. The van der Waals surface area contributed by atoms with Crippen molar-refractivity contribution in [2.24, 2.45) is 5.92 Å². The van der Waals surface area contributed by atoms with E-state index < -0.39 is 62.3 Å². The Morgan fingerprint density at radius 1 is 0.743 bits per heavy atom. The number of benzene rings is 1. The number of anilines is 1. The van der Waals surface area contributed by atoms with E-state index in [2.05, 4.69) is 5.32 Å².